The van der Waals surface area contributed by atoms with Crippen LogP contribution in [0.3, 0.4) is 0 Å². The number of morpholine rings is 1. The molecule has 0 saturated carbocycles. The zero-order chi connectivity index (χ0) is 13.8. The molecule has 2 rings (SSSR count). The third kappa shape index (κ3) is 3.51. The zero-order valence-corrected chi connectivity index (χ0v) is 11.8. The minimum atomic E-state index is -0.189. The van der Waals surface area contributed by atoms with Gasteiger partial charge < -0.3 is 15.0 Å². The molecule has 7 heteroatoms. The Labute approximate surface area is 115 Å². The van der Waals surface area contributed by atoms with Gasteiger partial charge in [0.1, 0.15) is 5.69 Å². The average Bonchev–Trinajstić information content (AvgIpc) is 2.85. The van der Waals surface area contributed by atoms with Gasteiger partial charge in [-0.2, -0.15) is 0 Å². The fourth-order valence-corrected chi connectivity index (χ4v) is 2.62. The number of rotatable bonds is 3. The van der Waals surface area contributed by atoms with Crippen molar-refractivity contribution in [3.05, 3.63) is 11.1 Å². The van der Waals surface area contributed by atoms with Crippen molar-refractivity contribution in [1.29, 1.82) is 0 Å². The predicted octanol–water partition coefficient (Wildman–Crippen LogP) is 1.35. The van der Waals surface area contributed by atoms with Gasteiger partial charge in [-0.3, -0.25) is 9.59 Å². The maximum atomic E-state index is 12.3. The third-order valence-corrected chi connectivity index (χ3v) is 3.65. The molecule has 0 bridgehead atoms. The summed E-state index contributed by atoms with van der Waals surface area (Å²) in [5.74, 6) is -0.291. The van der Waals surface area contributed by atoms with Crippen molar-refractivity contribution in [2.24, 2.45) is 0 Å². The SMILES string of the molecule is CC[C@H]1CN(C(=O)c2csc(NC(C)=O)n2)CCO1. The minimum absolute atomic E-state index is 0.102. The van der Waals surface area contributed by atoms with E-state index in [1.807, 2.05) is 6.92 Å². The molecule has 0 radical (unpaired) electrons. The highest BCUT2D eigenvalue weighted by Gasteiger charge is 2.25. The monoisotopic (exact) mass is 283 g/mol. The number of thiazole rings is 1. The Morgan fingerprint density at radius 1 is 1.63 bits per heavy atom. The molecule has 19 heavy (non-hydrogen) atoms. The summed E-state index contributed by atoms with van der Waals surface area (Å²) in [4.78, 5) is 29.1. The maximum Gasteiger partial charge on any atom is 0.273 e. The van der Waals surface area contributed by atoms with Gasteiger partial charge >= 0.3 is 0 Å². The number of nitrogens with zero attached hydrogens (tertiary/aromatic N) is 2. The molecule has 0 aliphatic carbocycles. The number of hydrogen-bond acceptors (Lipinski definition) is 5. The molecule has 1 aliphatic heterocycles. The summed E-state index contributed by atoms with van der Waals surface area (Å²) >= 11 is 1.25. The second-order valence-electron chi connectivity index (χ2n) is 4.37. The average molecular weight is 283 g/mol. The molecule has 104 valence electrons. The number of aromatic nitrogens is 1. The Hall–Kier alpha value is -1.47. The van der Waals surface area contributed by atoms with E-state index in [9.17, 15) is 9.59 Å². The Morgan fingerprint density at radius 2 is 2.42 bits per heavy atom. The lowest BCUT2D eigenvalue weighted by molar-refractivity contribution is -0.114. The molecule has 0 aromatic carbocycles. The van der Waals surface area contributed by atoms with E-state index in [0.29, 0.717) is 30.5 Å². The first-order valence-electron chi connectivity index (χ1n) is 6.24. The van der Waals surface area contributed by atoms with Gasteiger partial charge in [-0.1, -0.05) is 6.92 Å². The molecule has 0 unspecified atom stereocenters. The molecular weight excluding hydrogens is 266 g/mol. The normalized spacial score (nSPS) is 19.3. The number of ether oxygens (including phenoxy) is 1. The Balaban J connectivity index is 2.02. The second-order valence-corrected chi connectivity index (χ2v) is 5.23. The number of anilines is 1. The number of nitrogens with one attached hydrogen (secondary N) is 1. The smallest absolute Gasteiger partial charge is 0.273 e. The highest BCUT2D eigenvalue weighted by atomic mass is 32.1. The number of hydrogen-bond donors (Lipinski definition) is 1. The summed E-state index contributed by atoms with van der Waals surface area (Å²) < 4.78 is 5.53. The van der Waals surface area contributed by atoms with E-state index < -0.39 is 0 Å². The van der Waals surface area contributed by atoms with Crippen molar-refractivity contribution in [1.82, 2.24) is 9.88 Å². The van der Waals surface area contributed by atoms with Gasteiger partial charge in [-0.15, -0.1) is 11.3 Å². The molecule has 1 N–H and O–H groups in total. The van der Waals surface area contributed by atoms with Crippen LogP contribution in [0, 0.1) is 0 Å². The molecule has 1 aromatic heterocycles. The molecular formula is C12H17N3O3S. The van der Waals surface area contributed by atoms with Crippen LogP contribution in [0.5, 0.6) is 0 Å². The predicted molar refractivity (Wildman–Crippen MR) is 72.4 cm³/mol. The van der Waals surface area contributed by atoms with E-state index in [0.717, 1.165) is 6.42 Å². The Morgan fingerprint density at radius 3 is 3.11 bits per heavy atom. The van der Waals surface area contributed by atoms with E-state index in [4.69, 9.17) is 4.74 Å². The Kier molecular flexibility index (Phi) is 4.49. The molecule has 1 aliphatic rings. The van der Waals surface area contributed by atoms with Crippen LogP contribution in [0.4, 0.5) is 5.13 Å². The van der Waals surface area contributed by atoms with Gasteiger partial charge in [0.2, 0.25) is 5.91 Å². The number of amides is 2. The topological polar surface area (TPSA) is 71.5 Å². The first-order valence-corrected chi connectivity index (χ1v) is 7.12. The molecule has 2 heterocycles. The van der Waals surface area contributed by atoms with Crippen molar-refractivity contribution in [3.8, 4) is 0 Å². The van der Waals surface area contributed by atoms with Crippen LogP contribution >= 0.6 is 11.3 Å². The summed E-state index contributed by atoms with van der Waals surface area (Å²) in [6.45, 7) is 5.20. The van der Waals surface area contributed by atoms with Crippen molar-refractivity contribution < 1.29 is 14.3 Å². The summed E-state index contributed by atoms with van der Waals surface area (Å²) in [5.41, 5.74) is 0.380. The van der Waals surface area contributed by atoms with Crippen LogP contribution in [0.15, 0.2) is 5.38 Å². The summed E-state index contributed by atoms with van der Waals surface area (Å²) in [5, 5.41) is 4.70. The van der Waals surface area contributed by atoms with E-state index >= 15 is 0 Å². The van der Waals surface area contributed by atoms with Crippen LogP contribution in [0.2, 0.25) is 0 Å². The molecule has 1 aromatic rings. The zero-order valence-electron chi connectivity index (χ0n) is 11.0. The first-order chi connectivity index (χ1) is 9.10. The molecule has 1 saturated heterocycles. The van der Waals surface area contributed by atoms with E-state index in [2.05, 4.69) is 10.3 Å². The minimum Gasteiger partial charge on any atom is -0.375 e. The lowest BCUT2D eigenvalue weighted by Gasteiger charge is -2.32. The summed E-state index contributed by atoms with van der Waals surface area (Å²) in [6.07, 6.45) is 0.990. The second kappa shape index (κ2) is 6.12. The Bertz CT molecular complexity index is 475. The quantitative estimate of drug-likeness (QED) is 0.909. The third-order valence-electron chi connectivity index (χ3n) is 2.89. The van der Waals surface area contributed by atoms with Gasteiger partial charge in [0.15, 0.2) is 5.13 Å². The maximum absolute atomic E-state index is 12.3. The summed E-state index contributed by atoms with van der Waals surface area (Å²) in [7, 11) is 0. The first kappa shape index (κ1) is 14.0. The highest BCUT2D eigenvalue weighted by molar-refractivity contribution is 7.14. The van der Waals surface area contributed by atoms with Gasteiger partial charge in [-0.05, 0) is 6.42 Å². The van der Waals surface area contributed by atoms with Crippen LogP contribution in [0.25, 0.3) is 0 Å². The van der Waals surface area contributed by atoms with Crippen LogP contribution < -0.4 is 5.32 Å². The van der Waals surface area contributed by atoms with Crippen LogP contribution in [-0.2, 0) is 9.53 Å². The van der Waals surface area contributed by atoms with Gasteiger partial charge in [0.05, 0.1) is 12.7 Å². The van der Waals surface area contributed by atoms with Gasteiger partial charge in [-0.25, -0.2) is 4.98 Å². The van der Waals surface area contributed by atoms with Crippen LogP contribution in [0.1, 0.15) is 30.8 Å². The number of carbonyl (C=O) groups excluding carboxylic acids is 2. The van der Waals surface area contributed by atoms with E-state index in [1.54, 1.807) is 10.3 Å². The van der Waals surface area contributed by atoms with Crippen molar-refractivity contribution in [2.75, 3.05) is 25.0 Å². The van der Waals surface area contributed by atoms with Crippen LogP contribution in [-0.4, -0.2) is 47.5 Å². The van der Waals surface area contributed by atoms with E-state index in [1.165, 1.54) is 18.3 Å². The van der Waals surface area contributed by atoms with E-state index in [-0.39, 0.29) is 17.9 Å². The van der Waals surface area contributed by atoms with Crippen molar-refractivity contribution >= 4 is 28.3 Å². The fraction of sp³-hybridized carbons (Fsp3) is 0.583. The lowest BCUT2D eigenvalue weighted by atomic mass is 10.2. The molecule has 0 spiro atoms. The molecule has 1 fully saturated rings. The lowest BCUT2D eigenvalue weighted by Crippen LogP contribution is -2.45. The molecule has 2 amide bonds. The fourth-order valence-electron chi connectivity index (χ4n) is 1.89. The highest BCUT2D eigenvalue weighted by Crippen LogP contribution is 2.18. The number of carbonyl (C=O) groups is 2. The van der Waals surface area contributed by atoms with Gasteiger partial charge in [0.25, 0.3) is 5.91 Å². The van der Waals surface area contributed by atoms with Crippen molar-refractivity contribution in [2.45, 2.75) is 26.4 Å². The standard InChI is InChI=1S/C12H17N3O3S/c1-3-9-6-15(4-5-18-9)11(17)10-7-19-12(14-10)13-8(2)16/h7,9H,3-6H2,1-2H3,(H,13,14,16)/t9-/m0/s1. The van der Waals surface area contributed by atoms with Gasteiger partial charge in [0, 0.05) is 25.4 Å². The molecule has 1 atom stereocenters. The largest absolute Gasteiger partial charge is 0.375 e. The van der Waals surface area contributed by atoms with Crippen molar-refractivity contribution in [3.63, 3.8) is 0 Å². The summed E-state index contributed by atoms with van der Waals surface area (Å²) in [6, 6.07) is 0. The molecule has 6 nitrogen and oxygen atoms in total.